The van der Waals surface area contributed by atoms with Crippen molar-refractivity contribution in [2.45, 2.75) is 25.3 Å². The third-order valence-corrected chi connectivity index (χ3v) is 3.82. The summed E-state index contributed by atoms with van der Waals surface area (Å²) in [5.41, 5.74) is 1.69. The van der Waals surface area contributed by atoms with Crippen LogP contribution in [0.25, 0.3) is 0 Å². The van der Waals surface area contributed by atoms with Crippen LogP contribution < -0.4 is 10.6 Å². The summed E-state index contributed by atoms with van der Waals surface area (Å²) in [5.74, 6) is -0.564. The Morgan fingerprint density at radius 2 is 1.95 bits per heavy atom. The Morgan fingerprint density at radius 1 is 1.27 bits per heavy atom. The Labute approximate surface area is 129 Å². The molecule has 1 heterocycles. The molecule has 1 aliphatic heterocycles. The van der Waals surface area contributed by atoms with Crippen LogP contribution in [-0.2, 0) is 30.3 Å². The number of benzene rings is 1. The molecule has 0 saturated carbocycles. The van der Waals surface area contributed by atoms with Crippen LogP contribution in [0.4, 0.5) is 5.69 Å². The number of amides is 2. The van der Waals surface area contributed by atoms with Gasteiger partial charge in [-0.2, -0.15) is 8.42 Å². The third-order valence-electron chi connectivity index (χ3n) is 3.22. The van der Waals surface area contributed by atoms with Gasteiger partial charge in [-0.3, -0.25) is 19.1 Å². The second kappa shape index (κ2) is 6.89. The number of hydrogen-bond acceptors (Lipinski definition) is 6. The van der Waals surface area contributed by atoms with Gasteiger partial charge in [-0.25, -0.2) is 0 Å². The van der Waals surface area contributed by atoms with E-state index < -0.39 is 16.2 Å². The molecular formula is C14H18N2O5S. The van der Waals surface area contributed by atoms with Gasteiger partial charge in [0.25, 0.3) is 10.1 Å². The average molecular weight is 326 g/mol. The van der Waals surface area contributed by atoms with Crippen molar-refractivity contribution in [3.05, 3.63) is 29.8 Å². The van der Waals surface area contributed by atoms with Gasteiger partial charge in [0.1, 0.15) is 6.04 Å². The minimum absolute atomic E-state index is 0.0960. The highest BCUT2D eigenvalue weighted by Crippen LogP contribution is 2.15. The van der Waals surface area contributed by atoms with E-state index in [1.807, 2.05) is 12.1 Å². The lowest BCUT2D eigenvalue weighted by Crippen LogP contribution is -2.47. The smallest absolute Gasteiger partial charge is 0.264 e. The monoisotopic (exact) mass is 326 g/mol. The lowest BCUT2D eigenvalue weighted by molar-refractivity contribution is -0.133. The molecular weight excluding hydrogens is 308 g/mol. The first kappa shape index (κ1) is 16.4. The summed E-state index contributed by atoms with van der Waals surface area (Å²) in [5, 5.41) is 5.36. The molecule has 22 heavy (non-hydrogen) atoms. The summed E-state index contributed by atoms with van der Waals surface area (Å²) in [6, 6.07) is 6.86. The average Bonchev–Trinajstić information content (AvgIpc) is 2.42. The first-order valence-electron chi connectivity index (χ1n) is 6.87. The van der Waals surface area contributed by atoms with Crippen molar-refractivity contribution in [1.29, 1.82) is 0 Å². The number of piperidine rings is 1. The number of rotatable bonds is 6. The van der Waals surface area contributed by atoms with Crippen molar-refractivity contribution in [3.63, 3.8) is 0 Å². The van der Waals surface area contributed by atoms with Gasteiger partial charge >= 0.3 is 0 Å². The maximum Gasteiger partial charge on any atom is 0.264 e. The molecule has 0 radical (unpaired) electrons. The number of nitrogens with one attached hydrogen (secondary N) is 2. The molecule has 1 unspecified atom stereocenters. The van der Waals surface area contributed by atoms with Gasteiger partial charge in [-0.05, 0) is 30.5 Å². The Kier molecular flexibility index (Phi) is 5.15. The number of hydrogen-bond donors (Lipinski definition) is 2. The molecule has 1 saturated heterocycles. The fourth-order valence-electron chi connectivity index (χ4n) is 2.11. The maximum absolute atomic E-state index is 11.6. The van der Waals surface area contributed by atoms with Crippen LogP contribution in [0.1, 0.15) is 18.4 Å². The molecule has 0 spiro atoms. The highest BCUT2D eigenvalue weighted by molar-refractivity contribution is 7.85. The normalized spacial score (nSPS) is 18.9. The lowest BCUT2D eigenvalue weighted by Gasteiger charge is -2.22. The van der Waals surface area contributed by atoms with Crippen molar-refractivity contribution in [2.24, 2.45) is 0 Å². The summed E-state index contributed by atoms with van der Waals surface area (Å²) >= 11 is 0. The minimum Gasteiger partial charge on any atom is -0.374 e. The topological polar surface area (TPSA) is 102 Å². The molecule has 0 bridgehead atoms. The highest BCUT2D eigenvalue weighted by atomic mass is 32.2. The van der Waals surface area contributed by atoms with Crippen LogP contribution in [-0.4, -0.2) is 39.1 Å². The zero-order chi connectivity index (χ0) is 16.2. The van der Waals surface area contributed by atoms with Crippen LogP contribution in [0, 0.1) is 0 Å². The SMILES string of the molecule is CS(=O)(=O)OCCc1ccc(NC2CCC(=O)NC2=O)cc1. The van der Waals surface area contributed by atoms with Crippen LogP contribution in [0.2, 0.25) is 0 Å². The first-order chi connectivity index (χ1) is 10.3. The van der Waals surface area contributed by atoms with Gasteiger partial charge in [0.2, 0.25) is 11.8 Å². The van der Waals surface area contributed by atoms with Crippen molar-refractivity contribution < 1.29 is 22.2 Å². The predicted molar refractivity (Wildman–Crippen MR) is 80.7 cm³/mol. The van der Waals surface area contributed by atoms with Crippen molar-refractivity contribution in [1.82, 2.24) is 5.32 Å². The van der Waals surface area contributed by atoms with E-state index in [9.17, 15) is 18.0 Å². The summed E-state index contributed by atoms with van der Waals surface area (Å²) in [6.07, 6.45) is 2.28. The summed E-state index contributed by atoms with van der Waals surface area (Å²) in [4.78, 5) is 22.7. The van der Waals surface area contributed by atoms with Crippen molar-refractivity contribution in [2.75, 3.05) is 18.2 Å². The third kappa shape index (κ3) is 5.12. The second-order valence-corrected chi connectivity index (χ2v) is 6.76. The second-order valence-electron chi connectivity index (χ2n) is 5.12. The molecule has 1 aromatic rings. The van der Waals surface area contributed by atoms with E-state index in [-0.39, 0.29) is 18.4 Å². The first-order valence-corrected chi connectivity index (χ1v) is 8.69. The molecule has 0 aliphatic carbocycles. The van der Waals surface area contributed by atoms with Gasteiger partial charge in [0.05, 0.1) is 12.9 Å². The van der Waals surface area contributed by atoms with Gasteiger partial charge in [-0.1, -0.05) is 12.1 Å². The Bertz CT molecular complexity index is 654. The van der Waals surface area contributed by atoms with Gasteiger partial charge < -0.3 is 5.32 Å². The number of anilines is 1. The van der Waals surface area contributed by atoms with Crippen LogP contribution in [0.5, 0.6) is 0 Å². The molecule has 1 fully saturated rings. The molecule has 2 N–H and O–H groups in total. The zero-order valence-electron chi connectivity index (χ0n) is 12.2. The number of carbonyl (C=O) groups is 2. The fourth-order valence-corrected chi connectivity index (χ4v) is 2.50. The van der Waals surface area contributed by atoms with Gasteiger partial charge in [-0.15, -0.1) is 0 Å². The quantitative estimate of drug-likeness (QED) is 0.580. The Morgan fingerprint density at radius 3 is 2.55 bits per heavy atom. The van der Waals surface area contributed by atoms with Gasteiger partial charge in [0.15, 0.2) is 0 Å². The molecule has 8 heteroatoms. The van der Waals surface area contributed by atoms with Crippen LogP contribution in [0.3, 0.4) is 0 Å². The molecule has 2 amide bonds. The summed E-state index contributed by atoms with van der Waals surface area (Å²) in [7, 11) is -3.42. The van der Waals surface area contributed by atoms with E-state index in [0.717, 1.165) is 17.5 Å². The number of imide groups is 1. The number of carbonyl (C=O) groups excluding carboxylic acids is 2. The molecule has 1 aliphatic rings. The molecule has 1 atom stereocenters. The standard InChI is InChI=1S/C14H18N2O5S/c1-22(19,20)21-9-8-10-2-4-11(5-3-10)15-12-6-7-13(17)16-14(12)18/h2-5,12,15H,6-9H2,1H3,(H,16,17,18). The van der Waals surface area contributed by atoms with E-state index in [2.05, 4.69) is 14.8 Å². The summed E-state index contributed by atoms with van der Waals surface area (Å²) in [6.45, 7) is 0.0960. The largest absolute Gasteiger partial charge is 0.374 e. The summed E-state index contributed by atoms with van der Waals surface area (Å²) < 4.78 is 26.4. The molecule has 120 valence electrons. The van der Waals surface area contributed by atoms with Crippen molar-refractivity contribution >= 4 is 27.6 Å². The van der Waals surface area contributed by atoms with Crippen molar-refractivity contribution in [3.8, 4) is 0 Å². The van der Waals surface area contributed by atoms with Gasteiger partial charge in [0, 0.05) is 12.1 Å². The van der Waals surface area contributed by atoms with E-state index in [1.165, 1.54) is 0 Å². The molecule has 0 aromatic heterocycles. The molecule has 2 rings (SSSR count). The fraction of sp³-hybridized carbons (Fsp3) is 0.429. The van der Waals surface area contributed by atoms with E-state index in [4.69, 9.17) is 0 Å². The van der Waals surface area contributed by atoms with Crippen LogP contribution in [0.15, 0.2) is 24.3 Å². The lowest BCUT2D eigenvalue weighted by atomic mass is 10.1. The zero-order valence-corrected chi connectivity index (χ0v) is 13.0. The predicted octanol–water partition coefficient (Wildman–Crippen LogP) is 0.422. The minimum atomic E-state index is -3.42. The molecule has 1 aromatic carbocycles. The van der Waals surface area contributed by atoms with E-state index >= 15 is 0 Å². The Hall–Kier alpha value is -1.93. The highest BCUT2D eigenvalue weighted by Gasteiger charge is 2.26. The Balaban J connectivity index is 1.86. The maximum atomic E-state index is 11.6. The van der Waals surface area contributed by atoms with E-state index in [1.54, 1.807) is 12.1 Å². The molecule has 7 nitrogen and oxygen atoms in total. The van der Waals surface area contributed by atoms with Crippen LogP contribution >= 0.6 is 0 Å². The van der Waals surface area contributed by atoms with E-state index in [0.29, 0.717) is 19.3 Å².